The highest BCUT2D eigenvalue weighted by atomic mass is 32.3. The Labute approximate surface area is 133 Å². The number of rotatable bonds is 5. The van der Waals surface area contributed by atoms with Crippen molar-refractivity contribution < 1.29 is 12.6 Å². The maximum atomic E-state index is 12.2. The third-order valence-corrected chi connectivity index (χ3v) is 6.00. The van der Waals surface area contributed by atoms with Gasteiger partial charge >= 0.3 is 10.1 Å². The van der Waals surface area contributed by atoms with Crippen LogP contribution in [0.2, 0.25) is 0 Å². The molecule has 0 saturated carbocycles. The van der Waals surface area contributed by atoms with E-state index in [1.165, 1.54) is 11.3 Å². The maximum Gasteiger partial charge on any atom is 0.348 e. The fourth-order valence-corrected chi connectivity index (χ4v) is 4.12. The summed E-state index contributed by atoms with van der Waals surface area (Å²) < 4.78 is 31.7. The van der Waals surface area contributed by atoms with Crippen LogP contribution in [0.3, 0.4) is 0 Å². The van der Waals surface area contributed by atoms with Crippen LogP contribution in [0.5, 0.6) is 5.75 Å². The summed E-state index contributed by atoms with van der Waals surface area (Å²) in [5.41, 5.74) is 0.881. The Hall–Kier alpha value is -2.12. The lowest BCUT2D eigenvalue weighted by atomic mass is 10.3. The van der Waals surface area contributed by atoms with Gasteiger partial charge in [0.25, 0.3) is 0 Å². The average Bonchev–Trinajstić information content (AvgIpc) is 3.19. The number of thiophene rings is 1. The third-order valence-electron chi connectivity index (χ3n) is 3.08. The second-order valence-corrected chi connectivity index (χ2v) is 7.52. The first-order valence-electron chi connectivity index (χ1n) is 6.70. The molecule has 0 N–H and O–H groups in total. The zero-order chi connectivity index (χ0) is 15.6. The predicted octanol–water partition coefficient (Wildman–Crippen LogP) is 3.26. The van der Waals surface area contributed by atoms with Crippen LogP contribution in [-0.2, 0) is 16.5 Å². The van der Waals surface area contributed by atoms with E-state index in [2.05, 4.69) is 4.98 Å². The van der Waals surface area contributed by atoms with Crippen molar-refractivity contribution in [1.29, 1.82) is 0 Å². The summed E-state index contributed by atoms with van der Waals surface area (Å²) in [5, 5.41) is 0. The van der Waals surface area contributed by atoms with Gasteiger partial charge in [0.1, 0.15) is 5.75 Å². The summed E-state index contributed by atoms with van der Waals surface area (Å²) in [7, 11) is -3.77. The van der Waals surface area contributed by atoms with Gasteiger partial charge in [-0.15, -0.1) is 11.3 Å². The molecule has 1 aromatic carbocycles. The van der Waals surface area contributed by atoms with E-state index in [9.17, 15) is 8.42 Å². The van der Waals surface area contributed by atoms with Crippen molar-refractivity contribution in [3.63, 3.8) is 0 Å². The van der Waals surface area contributed by atoms with Gasteiger partial charge in [0.05, 0.1) is 6.33 Å². The molecule has 0 amide bonds. The molecule has 0 aliphatic heterocycles. The van der Waals surface area contributed by atoms with Crippen LogP contribution in [-0.4, -0.2) is 18.0 Å². The Bertz CT molecular complexity index is 851. The molecule has 3 rings (SSSR count). The van der Waals surface area contributed by atoms with Crippen molar-refractivity contribution in [3.05, 3.63) is 60.0 Å². The van der Waals surface area contributed by atoms with Crippen LogP contribution in [0, 0.1) is 0 Å². The van der Waals surface area contributed by atoms with Gasteiger partial charge in [-0.25, -0.2) is 4.98 Å². The second kappa shape index (κ2) is 5.94. The highest BCUT2D eigenvalue weighted by Crippen LogP contribution is 2.26. The second-order valence-electron chi connectivity index (χ2n) is 4.58. The van der Waals surface area contributed by atoms with Crippen molar-refractivity contribution in [2.24, 2.45) is 0 Å². The van der Waals surface area contributed by atoms with Crippen molar-refractivity contribution in [2.45, 2.75) is 17.6 Å². The van der Waals surface area contributed by atoms with Crippen molar-refractivity contribution in [3.8, 4) is 11.4 Å². The summed E-state index contributed by atoms with van der Waals surface area (Å²) in [5.74, 6) is 0.287. The van der Waals surface area contributed by atoms with Gasteiger partial charge in [-0.1, -0.05) is 6.92 Å². The molecular weight excluding hydrogens is 320 g/mol. The standard InChI is InChI=1S/C15H14N2O3S2/c1-2-14-7-8-15(21-14)22(18,19)20-13-5-3-12(4-6-13)17-10-9-16-11-17/h3-11H,2H2,1H3. The highest BCUT2D eigenvalue weighted by Gasteiger charge is 2.19. The maximum absolute atomic E-state index is 12.2. The van der Waals surface area contributed by atoms with E-state index in [1.807, 2.05) is 23.8 Å². The largest absolute Gasteiger partial charge is 0.378 e. The molecule has 0 aliphatic carbocycles. The molecule has 114 valence electrons. The van der Waals surface area contributed by atoms with Crippen LogP contribution in [0.25, 0.3) is 5.69 Å². The summed E-state index contributed by atoms with van der Waals surface area (Å²) >= 11 is 1.23. The van der Waals surface area contributed by atoms with E-state index < -0.39 is 10.1 Å². The topological polar surface area (TPSA) is 61.2 Å². The van der Waals surface area contributed by atoms with E-state index in [-0.39, 0.29) is 9.96 Å². The Morgan fingerprint density at radius 3 is 2.55 bits per heavy atom. The summed E-state index contributed by atoms with van der Waals surface area (Å²) in [6.45, 7) is 1.98. The van der Waals surface area contributed by atoms with Gasteiger partial charge in [0.15, 0.2) is 4.21 Å². The SMILES string of the molecule is CCc1ccc(S(=O)(=O)Oc2ccc(-n3ccnc3)cc2)s1. The minimum Gasteiger partial charge on any atom is -0.378 e. The molecule has 0 aliphatic rings. The van der Waals surface area contributed by atoms with E-state index in [1.54, 1.807) is 42.9 Å². The van der Waals surface area contributed by atoms with Crippen molar-refractivity contribution in [2.75, 3.05) is 0 Å². The molecule has 0 bridgehead atoms. The summed E-state index contributed by atoms with van der Waals surface area (Å²) in [4.78, 5) is 4.98. The van der Waals surface area contributed by atoms with Gasteiger partial charge < -0.3 is 8.75 Å². The van der Waals surface area contributed by atoms with Gasteiger partial charge in [-0.2, -0.15) is 8.42 Å². The Morgan fingerprint density at radius 2 is 1.95 bits per heavy atom. The van der Waals surface area contributed by atoms with Crippen LogP contribution in [0.1, 0.15) is 11.8 Å². The molecular formula is C15H14N2O3S2. The number of nitrogens with zero attached hydrogens (tertiary/aromatic N) is 2. The number of aryl methyl sites for hydroxylation is 1. The van der Waals surface area contributed by atoms with Crippen molar-refractivity contribution >= 4 is 21.5 Å². The molecule has 0 unspecified atom stereocenters. The van der Waals surface area contributed by atoms with E-state index >= 15 is 0 Å². The number of hydrogen-bond acceptors (Lipinski definition) is 5. The minimum atomic E-state index is -3.77. The lowest BCUT2D eigenvalue weighted by Gasteiger charge is -2.06. The molecule has 5 nitrogen and oxygen atoms in total. The first-order chi connectivity index (χ1) is 10.6. The minimum absolute atomic E-state index is 0.225. The number of hydrogen-bond donors (Lipinski definition) is 0. The number of imidazole rings is 1. The summed E-state index contributed by atoms with van der Waals surface area (Å²) in [6.07, 6.45) is 5.96. The van der Waals surface area contributed by atoms with E-state index in [4.69, 9.17) is 4.18 Å². The number of benzene rings is 1. The van der Waals surface area contributed by atoms with Gasteiger partial charge in [-0.3, -0.25) is 0 Å². The van der Waals surface area contributed by atoms with Crippen LogP contribution in [0.15, 0.2) is 59.3 Å². The average molecular weight is 334 g/mol. The molecule has 3 aromatic rings. The predicted molar refractivity (Wildman–Crippen MR) is 85.1 cm³/mol. The molecule has 0 fully saturated rings. The monoisotopic (exact) mass is 334 g/mol. The van der Waals surface area contributed by atoms with Crippen LogP contribution in [0.4, 0.5) is 0 Å². The molecule has 2 heterocycles. The third kappa shape index (κ3) is 3.05. The molecule has 0 spiro atoms. The van der Waals surface area contributed by atoms with Gasteiger partial charge in [-0.05, 0) is 42.8 Å². The van der Waals surface area contributed by atoms with Crippen LogP contribution >= 0.6 is 11.3 Å². The number of aromatic nitrogens is 2. The molecule has 0 saturated heterocycles. The first-order valence-corrected chi connectivity index (χ1v) is 8.92. The van der Waals surface area contributed by atoms with E-state index in [0.717, 1.165) is 17.0 Å². The van der Waals surface area contributed by atoms with E-state index in [0.29, 0.717) is 0 Å². The molecule has 7 heteroatoms. The van der Waals surface area contributed by atoms with Gasteiger partial charge in [0, 0.05) is 23.0 Å². The van der Waals surface area contributed by atoms with Gasteiger partial charge in [0.2, 0.25) is 0 Å². The summed E-state index contributed by atoms with van der Waals surface area (Å²) in [6, 6.07) is 10.2. The molecule has 2 aromatic heterocycles. The Balaban J connectivity index is 1.80. The lowest BCUT2D eigenvalue weighted by molar-refractivity contribution is 0.488. The molecule has 0 atom stereocenters. The zero-order valence-electron chi connectivity index (χ0n) is 11.8. The first kappa shape index (κ1) is 14.8. The highest BCUT2D eigenvalue weighted by molar-refractivity contribution is 7.89. The fraction of sp³-hybridized carbons (Fsp3) is 0.133. The normalized spacial score (nSPS) is 11.5. The quantitative estimate of drug-likeness (QED) is 0.672. The molecule has 22 heavy (non-hydrogen) atoms. The van der Waals surface area contributed by atoms with Crippen LogP contribution < -0.4 is 4.18 Å². The zero-order valence-corrected chi connectivity index (χ0v) is 13.5. The lowest BCUT2D eigenvalue weighted by Crippen LogP contribution is -2.07. The Kier molecular flexibility index (Phi) is 4.00. The Morgan fingerprint density at radius 1 is 1.18 bits per heavy atom. The fourth-order valence-electron chi connectivity index (χ4n) is 1.94. The van der Waals surface area contributed by atoms with Crippen molar-refractivity contribution in [1.82, 2.24) is 9.55 Å². The molecule has 0 radical (unpaired) electrons. The smallest absolute Gasteiger partial charge is 0.348 e.